The molecule has 82 valence electrons. The Bertz CT molecular complexity index is 183. The van der Waals surface area contributed by atoms with Crippen LogP contribution in [0.3, 0.4) is 0 Å². The molecule has 2 fully saturated rings. The van der Waals surface area contributed by atoms with Gasteiger partial charge < -0.3 is 9.64 Å². The molecule has 0 aromatic rings. The van der Waals surface area contributed by atoms with Gasteiger partial charge in [-0.25, -0.2) is 0 Å². The third-order valence-electron chi connectivity index (χ3n) is 4.08. The first kappa shape index (κ1) is 10.4. The van der Waals surface area contributed by atoms with Crippen molar-refractivity contribution in [2.45, 2.75) is 50.7 Å². The topological polar surface area (TPSA) is 12.5 Å². The van der Waals surface area contributed by atoms with Crippen LogP contribution in [-0.4, -0.2) is 37.7 Å². The number of rotatable bonds is 1. The van der Waals surface area contributed by atoms with Crippen LogP contribution < -0.4 is 0 Å². The normalized spacial score (nSPS) is 40.3. The predicted octanol–water partition coefficient (Wildman–Crippen LogP) is 2.29. The largest absolute Gasteiger partial charge is 0.381 e. The van der Waals surface area contributed by atoms with E-state index >= 15 is 0 Å². The van der Waals surface area contributed by atoms with Gasteiger partial charge in [-0.1, -0.05) is 6.42 Å². The van der Waals surface area contributed by atoms with Gasteiger partial charge in [0.05, 0.1) is 6.10 Å². The van der Waals surface area contributed by atoms with Crippen LogP contribution in [0.4, 0.5) is 0 Å². The molecule has 0 radical (unpaired) electrons. The Morgan fingerprint density at radius 1 is 1.14 bits per heavy atom. The van der Waals surface area contributed by atoms with Crippen LogP contribution in [0.1, 0.15) is 38.5 Å². The molecule has 2 nitrogen and oxygen atoms in total. The molecule has 0 saturated carbocycles. The fourth-order valence-corrected chi connectivity index (χ4v) is 3.10. The van der Waals surface area contributed by atoms with Crippen molar-refractivity contribution in [3.63, 3.8) is 0 Å². The lowest BCUT2D eigenvalue weighted by Crippen LogP contribution is -2.38. The van der Waals surface area contributed by atoms with Crippen molar-refractivity contribution in [2.24, 2.45) is 5.92 Å². The lowest BCUT2D eigenvalue weighted by molar-refractivity contribution is 0.0415. The van der Waals surface area contributed by atoms with Crippen LogP contribution in [0, 0.1) is 5.92 Å². The van der Waals surface area contributed by atoms with E-state index in [0.717, 1.165) is 12.0 Å². The maximum Gasteiger partial charge on any atom is 0.0586 e. The van der Waals surface area contributed by atoms with Gasteiger partial charge in [0.15, 0.2) is 0 Å². The molecular weight excluding hydrogens is 174 g/mol. The second-order valence-electron chi connectivity index (χ2n) is 5.06. The van der Waals surface area contributed by atoms with Crippen molar-refractivity contribution in [3.8, 4) is 0 Å². The van der Waals surface area contributed by atoms with Gasteiger partial charge >= 0.3 is 0 Å². The van der Waals surface area contributed by atoms with Gasteiger partial charge in [0.1, 0.15) is 0 Å². The minimum Gasteiger partial charge on any atom is -0.381 e. The molecule has 14 heavy (non-hydrogen) atoms. The Hall–Kier alpha value is -0.0800. The molecule has 0 N–H and O–H groups in total. The van der Waals surface area contributed by atoms with E-state index in [1.807, 2.05) is 7.11 Å². The summed E-state index contributed by atoms with van der Waals surface area (Å²) in [7, 11) is 4.16. The number of methoxy groups -OCH3 is 1. The SMILES string of the molecule is COC1CCC2CCCC(C1)N(C)C2. The minimum absolute atomic E-state index is 0.517. The Morgan fingerprint density at radius 3 is 2.79 bits per heavy atom. The van der Waals surface area contributed by atoms with Gasteiger partial charge in [-0.2, -0.15) is 0 Å². The monoisotopic (exact) mass is 197 g/mol. The van der Waals surface area contributed by atoms with E-state index in [9.17, 15) is 0 Å². The Kier molecular flexibility index (Phi) is 3.45. The summed E-state index contributed by atoms with van der Waals surface area (Å²) in [4.78, 5) is 2.57. The molecule has 3 unspecified atom stereocenters. The summed E-state index contributed by atoms with van der Waals surface area (Å²) in [5.74, 6) is 0.933. The molecule has 2 rings (SSSR count). The van der Waals surface area contributed by atoms with Crippen molar-refractivity contribution in [1.29, 1.82) is 0 Å². The summed E-state index contributed by atoms with van der Waals surface area (Å²) < 4.78 is 5.56. The van der Waals surface area contributed by atoms with Crippen molar-refractivity contribution in [3.05, 3.63) is 0 Å². The van der Waals surface area contributed by atoms with Crippen LogP contribution in [0.5, 0.6) is 0 Å². The number of ether oxygens (including phenoxy) is 1. The number of hydrogen-bond acceptors (Lipinski definition) is 2. The third kappa shape index (κ3) is 2.29. The zero-order valence-corrected chi connectivity index (χ0v) is 9.54. The number of hydrogen-bond donors (Lipinski definition) is 0. The first-order chi connectivity index (χ1) is 6.79. The molecule has 0 spiro atoms. The van der Waals surface area contributed by atoms with Crippen LogP contribution in [0.25, 0.3) is 0 Å². The summed E-state index contributed by atoms with van der Waals surface area (Å²) in [6, 6.07) is 0.783. The van der Waals surface area contributed by atoms with Crippen LogP contribution >= 0.6 is 0 Å². The van der Waals surface area contributed by atoms with E-state index in [0.29, 0.717) is 6.10 Å². The van der Waals surface area contributed by atoms with E-state index in [1.54, 1.807) is 0 Å². The lowest BCUT2D eigenvalue weighted by Gasteiger charge is -2.33. The fraction of sp³-hybridized carbons (Fsp3) is 1.00. The molecular formula is C12H23NO. The molecule has 0 aromatic carbocycles. The van der Waals surface area contributed by atoms with Crippen molar-refractivity contribution in [1.82, 2.24) is 4.90 Å². The highest BCUT2D eigenvalue weighted by molar-refractivity contribution is 4.83. The summed E-state index contributed by atoms with van der Waals surface area (Å²) >= 11 is 0. The molecule has 2 heteroatoms. The van der Waals surface area contributed by atoms with Crippen molar-refractivity contribution in [2.75, 3.05) is 20.7 Å². The number of nitrogens with zero attached hydrogens (tertiary/aromatic N) is 1. The Morgan fingerprint density at radius 2 is 2.00 bits per heavy atom. The second-order valence-corrected chi connectivity index (χ2v) is 5.06. The Balaban J connectivity index is 2.05. The van der Waals surface area contributed by atoms with E-state index in [1.165, 1.54) is 45.1 Å². The van der Waals surface area contributed by atoms with Crippen LogP contribution in [0.2, 0.25) is 0 Å². The van der Waals surface area contributed by atoms with Gasteiger partial charge in [-0.05, 0) is 45.1 Å². The van der Waals surface area contributed by atoms with E-state index in [4.69, 9.17) is 4.74 Å². The summed E-state index contributed by atoms with van der Waals surface area (Å²) in [6.07, 6.45) is 8.67. The minimum atomic E-state index is 0.517. The smallest absolute Gasteiger partial charge is 0.0586 e. The summed E-state index contributed by atoms with van der Waals surface area (Å²) in [5.41, 5.74) is 0. The Labute approximate surface area is 87.6 Å². The standard InChI is InChI=1S/C12H23NO/c1-13-9-10-4-3-5-11(13)8-12(14-2)7-6-10/h10-12H,3-9H2,1-2H3. The first-order valence-electron chi connectivity index (χ1n) is 6.02. The fourth-order valence-electron chi connectivity index (χ4n) is 3.10. The van der Waals surface area contributed by atoms with Gasteiger partial charge in [0.25, 0.3) is 0 Å². The van der Waals surface area contributed by atoms with Gasteiger partial charge in [0.2, 0.25) is 0 Å². The highest BCUT2D eigenvalue weighted by Crippen LogP contribution is 2.30. The molecule has 3 atom stereocenters. The molecule has 0 aromatic heterocycles. The second kappa shape index (κ2) is 4.63. The molecule has 2 aliphatic rings. The van der Waals surface area contributed by atoms with Crippen molar-refractivity contribution < 1.29 is 4.74 Å². The highest BCUT2D eigenvalue weighted by atomic mass is 16.5. The molecule has 2 heterocycles. The molecule has 0 aliphatic carbocycles. The molecule has 2 aliphatic heterocycles. The summed E-state index contributed by atoms with van der Waals surface area (Å²) in [6.45, 7) is 1.32. The summed E-state index contributed by atoms with van der Waals surface area (Å²) in [5, 5.41) is 0. The number of fused-ring (bicyclic) bond motifs is 3. The molecule has 2 saturated heterocycles. The maximum atomic E-state index is 5.56. The lowest BCUT2D eigenvalue weighted by atomic mass is 9.94. The predicted molar refractivity (Wildman–Crippen MR) is 58.4 cm³/mol. The first-order valence-corrected chi connectivity index (χ1v) is 6.02. The third-order valence-corrected chi connectivity index (χ3v) is 4.08. The van der Waals surface area contributed by atoms with E-state index in [2.05, 4.69) is 11.9 Å². The van der Waals surface area contributed by atoms with Gasteiger partial charge in [-0.15, -0.1) is 0 Å². The quantitative estimate of drug-likeness (QED) is 0.639. The maximum absolute atomic E-state index is 5.56. The van der Waals surface area contributed by atoms with Crippen LogP contribution in [0.15, 0.2) is 0 Å². The average molecular weight is 197 g/mol. The molecule has 2 bridgehead atoms. The zero-order chi connectivity index (χ0) is 9.97. The highest BCUT2D eigenvalue weighted by Gasteiger charge is 2.28. The van der Waals surface area contributed by atoms with Crippen LogP contribution in [-0.2, 0) is 4.74 Å². The van der Waals surface area contributed by atoms with Crippen molar-refractivity contribution >= 4 is 0 Å². The van der Waals surface area contributed by atoms with Gasteiger partial charge in [-0.3, -0.25) is 0 Å². The van der Waals surface area contributed by atoms with Gasteiger partial charge in [0, 0.05) is 19.7 Å². The average Bonchev–Trinajstić information content (AvgIpc) is 2.29. The molecule has 0 amide bonds. The van der Waals surface area contributed by atoms with E-state index < -0.39 is 0 Å². The zero-order valence-electron chi connectivity index (χ0n) is 9.54. The van der Waals surface area contributed by atoms with E-state index in [-0.39, 0.29) is 0 Å².